The zero-order valence-electron chi connectivity index (χ0n) is 12.3. The maximum Gasteiger partial charge on any atom is 0.123 e. The monoisotopic (exact) mass is 288 g/mol. The van der Waals surface area contributed by atoms with Crippen LogP contribution in [0.5, 0.6) is 5.75 Å². The topological polar surface area (TPSA) is 38.5 Å². The van der Waals surface area contributed by atoms with Crippen LogP contribution < -0.4 is 10.5 Å². The van der Waals surface area contributed by atoms with Crippen LogP contribution in [0.1, 0.15) is 11.1 Å². The Hall–Kier alpha value is -1.91. The molecule has 0 spiro atoms. The van der Waals surface area contributed by atoms with E-state index in [1.165, 1.54) is 12.1 Å². The molecular weight excluding hydrogens is 267 g/mol. The van der Waals surface area contributed by atoms with Crippen LogP contribution in [-0.2, 0) is 13.1 Å². The van der Waals surface area contributed by atoms with Crippen LogP contribution in [0.15, 0.2) is 48.5 Å². The molecule has 0 aromatic heterocycles. The molecule has 2 aromatic carbocycles. The van der Waals surface area contributed by atoms with Crippen LogP contribution in [0, 0.1) is 5.82 Å². The highest BCUT2D eigenvalue weighted by molar-refractivity contribution is 5.28. The molecule has 0 amide bonds. The second-order valence-electron chi connectivity index (χ2n) is 5.06. The maximum atomic E-state index is 12.8. The lowest BCUT2D eigenvalue weighted by Crippen LogP contribution is -2.23. The van der Waals surface area contributed by atoms with Crippen molar-refractivity contribution in [3.8, 4) is 5.75 Å². The zero-order chi connectivity index (χ0) is 15.1. The van der Waals surface area contributed by atoms with Crippen LogP contribution in [0.3, 0.4) is 0 Å². The van der Waals surface area contributed by atoms with Crippen molar-refractivity contribution < 1.29 is 9.13 Å². The predicted molar refractivity (Wildman–Crippen MR) is 82.6 cm³/mol. The largest absolute Gasteiger partial charge is 0.492 e. The Morgan fingerprint density at radius 1 is 1.10 bits per heavy atom. The lowest BCUT2D eigenvalue weighted by molar-refractivity contribution is 0.232. The molecule has 0 heterocycles. The van der Waals surface area contributed by atoms with E-state index in [0.29, 0.717) is 13.2 Å². The first kappa shape index (κ1) is 15.5. The molecule has 2 rings (SSSR count). The van der Waals surface area contributed by atoms with E-state index in [4.69, 9.17) is 10.5 Å². The average molecular weight is 288 g/mol. The van der Waals surface area contributed by atoms with Crippen molar-refractivity contribution in [2.24, 2.45) is 5.73 Å². The third kappa shape index (κ3) is 5.17. The third-order valence-electron chi connectivity index (χ3n) is 3.24. The highest BCUT2D eigenvalue weighted by atomic mass is 19.1. The van der Waals surface area contributed by atoms with Crippen molar-refractivity contribution in [2.45, 2.75) is 13.1 Å². The van der Waals surface area contributed by atoms with Crippen LogP contribution in [0.4, 0.5) is 4.39 Å². The van der Waals surface area contributed by atoms with Gasteiger partial charge in [0.15, 0.2) is 0 Å². The van der Waals surface area contributed by atoms with Crippen molar-refractivity contribution in [1.82, 2.24) is 4.90 Å². The summed E-state index contributed by atoms with van der Waals surface area (Å²) >= 11 is 0. The molecule has 0 aliphatic carbocycles. The van der Waals surface area contributed by atoms with Crippen molar-refractivity contribution >= 4 is 0 Å². The summed E-state index contributed by atoms with van der Waals surface area (Å²) in [5, 5.41) is 0. The van der Waals surface area contributed by atoms with Gasteiger partial charge >= 0.3 is 0 Å². The summed E-state index contributed by atoms with van der Waals surface area (Å²) in [6, 6.07) is 14.4. The first-order chi connectivity index (χ1) is 10.2. The summed E-state index contributed by atoms with van der Waals surface area (Å²) in [7, 11) is 2.02. The van der Waals surface area contributed by atoms with Gasteiger partial charge in [-0.25, -0.2) is 4.39 Å². The summed E-state index contributed by atoms with van der Waals surface area (Å²) in [4.78, 5) is 2.14. The lowest BCUT2D eigenvalue weighted by atomic mass is 10.2. The summed E-state index contributed by atoms with van der Waals surface area (Å²) in [5.41, 5.74) is 7.75. The molecule has 0 saturated heterocycles. The first-order valence-corrected chi connectivity index (χ1v) is 7.02. The average Bonchev–Trinajstić information content (AvgIpc) is 2.50. The predicted octanol–water partition coefficient (Wildman–Crippen LogP) is 2.80. The number of hydrogen-bond acceptors (Lipinski definition) is 3. The Balaban J connectivity index is 1.76. The Labute approximate surface area is 125 Å². The zero-order valence-corrected chi connectivity index (χ0v) is 12.3. The number of rotatable bonds is 7. The number of nitrogens with zero attached hydrogens (tertiary/aromatic N) is 1. The van der Waals surface area contributed by atoms with E-state index < -0.39 is 0 Å². The highest BCUT2D eigenvalue weighted by Gasteiger charge is 2.02. The smallest absolute Gasteiger partial charge is 0.123 e. The molecule has 2 aromatic rings. The molecule has 112 valence electrons. The Morgan fingerprint density at radius 3 is 2.57 bits per heavy atom. The summed E-state index contributed by atoms with van der Waals surface area (Å²) in [5.74, 6) is 0.637. The summed E-state index contributed by atoms with van der Waals surface area (Å²) in [6.45, 7) is 2.68. The fourth-order valence-electron chi connectivity index (χ4n) is 2.06. The van der Waals surface area contributed by atoms with Crippen LogP contribution in [0.25, 0.3) is 0 Å². The molecule has 0 fully saturated rings. The van der Waals surface area contributed by atoms with Crippen LogP contribution in [0.2, 0.25) is 0 Å². The quantitative estimate of drug-likeness (QED) is 0.851. The van der Waals surface area contributed by atoms with E-state index in [-0.39, 0.29) is 5.82 Å². The third-order valence-corrected chi connectivity index (χ3v) is 3.24. The van der Waals surface area contributed by atoms with Crippen molar-refractivity contribution in [1.29, 1.82) is 0 Å². The molecule has 0 aliphatic rings. The van der Waals surface area contributed by atoms with Crippen molar-refractivity contribution in [3.63, 3.8) is 0 Å². The van der Waals surface area contributed by atoms with E-state index in [1.807, 2.05) is 31.3 Å². The SMILES string of the molecule is CN(CCOc1cccc(CN)c1)Cc1ccc(F)cc1. The number of hydrogen-bond donors (Lipinski definition) is 1. The van der Waals surface area contributed by atoms with Gasteiger partial charge in [0.25, 0.3) is 0 Å². The standard InChI is InChI=1S/C17H21FN2O/c1-20(13-14-5-7-16(18)8-6-14)9-10-21-17-4-2-3-15(11-17)12-19/h2-8,11H,9-10,12-13,19H2,1H3. The lowest BCUT2D eigenvalue weighted by Gasteiger charge is -2.17. The fraction of sp³-hybridized carbons (Fsp3) is 0.294. The minimum atomic E-state index is -0.204. The van der Waals surface area contributed by atoms with Gasteiger partial charge in [-0.05, 0) is 42.4 Å². The van der Waals surface area contributed by atoms with E-state index in [2.05, 4.69) is 4.90 Å². The molecule has 0 aliphatic heterocycles. The van der Waals surface area contributed by atoms with Gasteiger partial charge in [-0.1, -0.05) is 24.3 Å². The summed E-state index contributed by atoms with van der Waals surface area (Å²) < 4.78 is 18.6. The van der Waals surface area contributed by atoms with Gasteiger partial charge in [0.1, 0.15) is 18.2 Å². The normalized spacial score (nSPS) is 10.9. The van der Waals surface area contributed by atoms with Crippen LogP contribution in [-0.4, -0.2) is 25.1 Å². The molecule has 3 nitrogen and oxygen atoms in total. The minimum absolute atomic E-state index is 0.204. The summed E-state index contributed by atoms with van der Waals surface area (Å²) in [6.07, 6.45) is 0. The number of ether oxygens (including phenoxy) is 1. The van der Waals surface area contributed by atoms with E-state index >= 15 is 0 Å². The first-order valence-electron chi connectivity index (χ1n) is 7.02. The fourth-order valence-corrected chi connectivity index (χ4v) is 2.06. The number of likely N-dealkylation sites (N-methyl/N-ethyl adjacent to an activating group) is 1. The second kappa shape index (κ2) is 7.76. The van der Waals surface area contributed by atoms with E-state index in [0.717, 1.165) is 30.0 Å². The number of benzene rings is 2. The molecule has 2 N–H and O–H groups in total. The Morgan fingerprint density at radius 2 is 1.86 bits per heavy atom. The maximum absolute atomic E-state index is 12.8. The number of nitrogens with two attached hydrogens (primary N) is 1. The van der Waals surface area contributed by atoms with Gasteiger partial charge in [-0.2, -0.15) is 0 Å². The number of halogens is 1. The molecule has 0 bridgehead atoms. The Kier molecular flexibility index (Phi) is 5.72. The van der Waals surface area contributed by atoms with E-state index in [9.17, 15) is 4.39 Å². The van der Waals surface area contributed by atoms with Gasteiger partial charge in [0.2, 0.25) is 0 Å². The van der Waals surface area contributed by atoms with Gasteiger partial charge < -0.3 is 10.5 Å². The molecular formula is C17H21FN2O. The molecule has 0 atom stereocenters. The molecule has 0 saturated carbocycles. The van der Waals surface area contributed by atoms with Crippen LogP contribution >= 0.6 is 0 Å². The molecule has 21 heavy (non-hydrogen) atoms. The van der Waals surface area contributed by atoms with E-state index in [1.54, 1.807) is 12.1 Å². The molecule has 0 unspecified atom stereocenters. The Bertz CT molecular complexity index is 557. The highest BCUT2D eigenvalue weighted by Crippen LogP contribution is 2.13. The van der Waals surface area contributed by atoms with Gasteiger partial charge in [0, 0.05) is 19.6 Å². The van der Waals surface area contributed by atoms with Gasteiger partial charge in [0.05, 0.1) is 0 Å². The molecule has 0 radical (unpaired) electrons. The van der Waals surface area contributed by atoms with Crippen molar-refractivity contribution in [3.05, 3.63) is 65.5 Å². The second-order valence-corrected chi connectivity index (χ2v) is 5.06. The minimum Gasteiger partial charge on any atom is -0.492 e. The van der Waals surface area contributed by atoms with Crippen molar-refractivity contribution in [2.75, 3.05) is 20.2 Å². The molecule has 4 heteroatoms. The van der Waals surface area contributed by atoms with Gasteiger partial charge in [-0.15, -0.1) is 0 Å². The van der Waals surface area contributed by atoms with Gasteiger partial charge in [-0.3, -0.25) is 4.90 Å².